The number of piperidine rings is 1. The van der Waals surface area contributed by atoms with Gasteiger partial charge in [0.25, 0.3) is 0 Å². The van der Waals surface area contributed by atoms with Crippen molar-refractivity contribution in [3.63, 3.8) is 0 Å². The van der Waals surface area contributed by atoms with Crippen molar-refractivity contribution >= 4 is 11.8 Å². The molecule has 0 aliphatic carbocycles. The van der Waals surface area contributed by atoms with Crippen LogP contribution in [-0.2, 0) is 6.54 Å². The highest BCUT2D eigenvalue weighted by atomic mass is 15.4. The first-order chi connectivity index (χ1) is 12.8. The Morgan fingerprint density at radius 1 is 1.08 bits per heavy atom. The molecule has 3 aromatic rings. The lowest BCUT2D eigenvalue weighted by molar-refractivity contribution is 0.337. The summed E-state index contributed by atoms with van der Waals surface area (Å²) in [6.45, 7) is 2.80. The molecule has 0 radical (unpaired) electrons. The maximum Gasteiger partial charge on any atom is 0.227 e. The van der Waals surface area contributed by atoms with Gasteiger partial charge in [0.15, 0.2) is 0 Å². The van der Waals surface area contributed by atoms with E-state index in [9.17, 15) is 0 Å². The van der Waals surface area contributed by atoms with Crippen molar-refractivity contribution in [1.82, 2.24) is 29.9 Å². The van der Waals surface area contributed by atoms with Gasteiger partial charge in [-0.15, -0.1) is 5.10 Å². The quantitative estimate of drug-likeness (QED) is 0.754. The van der Waals surface area contributed by atoms with E-state index in [0.717, 1.165) is 55.6 Å². The Labute approximate surface area is 152 Å². The highest BCUT2D eigenvalue weighted by Crippen LogP contribution is 2.23. The van der Waals surface area contributed by atoms with Gasteiger partial charge >= 0.3 is 0 Å². The Kier molecular flexibility index (Phi) is 4.72. The summed E-state index contributed by atoms with van der Waals surface area (Å²) in [7, 11) is 1.87. The molecule has 0 amide bonds. The van der Waals surface area contributed by atoms with Gasteiger partial charge in [-0.3, -0.25) is 9.67 Å². The second kappa shape index (κ2) is 7.47. The van der Waals surface area contributed by atoms with Crippen LogP contribution >= 0.6 is 0 Å². The number of nitrogens with zero attached hydrogens (tertiary/aromatic N) is 7. The highest BCUT2D eigenvalue weighted by molar-refractivity contribution is 5.51. The third-order valence-electron chi connectivity index (χ3n) is 4.71. The van der Waals surface area contributed by atoms with Crippen LogP contribution in [-0.4, -0.2) is 50.1 Å². The molecule has 1 aliphatic rings. The maximum absolute atomic E-state index is 4.53. The van der Waals surface area contributed by atoms with Gasteiger partial charge in [-0.25, -0.2) is 4.98 Å². The molecule has 8 heteroatoms. The van der Waals surface area contributed by atoms with Crippen molar-refractivity contribution < 1.29 is 0 Å². The van der Waals surface area contributed by atoms with Gasteiger partial charge in [0.05, 0.1) is 11.9 Å². The third kappa shape index (κ3) is 3.63. The zero-order valence-electron chi connectivity index (χ0n) is 14.8. The summed E-state index contributed by atoms with van der Waals surface area (Å²) < 4.78 is 1.93. The molecule has 1 fully saturated rings. The Hall–Kier alpha value is -3.03. The second-order valence-electron chi connectivity index (χ2n) is 6.46. The molecule has 1 aliphatic heterocycles. The molecule has 1 N–H and O–H groups in total. The fourth-order valence-electron chi connectivity index (χ4n) is 3.24. The molecule has 0 bridgehead atoms. The van der Waals surface area contributed by atoms with E-state index in [1.807, 2.05) is 42.2 Å². The summed E-state index contributed by atoms with van der Waals surface area (Å²) in [5.41, 5.74) is 1.68. The minimum atomic E-state index is 0.581. The largest absolute Gasteiger partial charge is 0.373 e. The molecule has 8 nitrogen and oxygen atoms in total. The summed E-state index contributed by atoms with van der Waals surface area (Å²) in [4.78, 5) is 15.5. The molecule has 3 aromatic heterocycles. The zero-order chi connectivity index (χ0) is 17.8. The minimum Gasteiger partial charge on any atom is -0.373 e. The monoisotopic (exact) mass is 350 g/mol. The Morgan fingerprint density at radius 2 is 1.96 bits per heavy atom. The fourth-order valence-corrected chi connectivity index (χ4v) is 3.24. The van der Waals surface area contributed by atoms with Crippen LogP contribution in [0.5, 0.6) is 0 Å². The number of aromatic nitrogens is 6. The van der Waals surface area contributed by atoms with Crippen molar-refractivity contribution in [2.24, 2.45) is 5.92 Å². The van der Waals surface area contributed by atoms with Gasteiger partial charge in [-0.1, -0.05) is 11.3 Å². The predicted octanol–water partition coefficient (Wildman–Crippen LogP) is 2.09. The first kappa shape index (κ1) is 16.4. The van der Waals surface area contributed by atoms with Crippen LogP contribution in [0.1, 0.15) is 12.8 Å². The lowest BCUT2D eigenvalue weighted by atomic mass is 9.97. The van der Waals surface area contributed by atoms with E-state index in [1.165, 1.54) is 0 Å². The minimum absolute atomic E-state index is 0.581. The van der Waals surface area contributed by atoms with Crippen LogP contribution in [0.2, 0.25) is 0 Å². The van der Waals surface area contributed by atoms with Crippen molar-refractivity contribution in [2.45, 2.75) is 19.4 Å². The average molecular weight is 350 g/mol. The van der Waals surface area contributed by atoms with Crippen LogP contribution < -0.4 is 10.2 Å². The van der Waals surface area contributed by atoms with E-state index in [-0.39, 0.29) is 0 Å². The summed E-state index contributed by atoms with van der Waals surface area (Å²) in [5, 5.41) is 11.6. The Morgan fingerprint density at radius 3 is 2.73 bits per heavy atom. The number of hydrogen-bond donors (Lipinski definition) is 1. The normalized spacial score (nSPS) is 15.2. The van der Waals surface area contributed by atoms with Crippen LogP contribution in [0.4, 0.5) is 11.8 Å². The van der Waals surface area contributed by atoms with E-state index in [2.05, 4.69) is 35.5 Å². The van der Waals surface area contributed by atoms with Gasteiger partial charge in [-0.05, 0) is 37.0 Å². The lowest BCUT2D eigenvalue weighted by Crippen LogP contribution is -2.36. The molecular formula is C18H22N8. The zero-order valence-corrected chi connectivity index (χ0v) is 14.8. The van der Waals surface area contributed by atoms with Crippen LogP contribution in [0.3, 0.4) is 0 Å². The van der Waals surface area contributed by atoms with E-state index in [4.69, 9.17) is 0 Å². The third-order valence-corrected chi connectivity index (χ3v) is 4.71. The smallest absolute Gasteiger partial charge is 0.227 e. The lowest BCUT2D eigenvalue weighted by Gasteiger charge is -2.31. The van der Waals surface area contributed by atoms with E-state index in [0.29, 0.717) is 5.92 Å². The Balaban J connectivity index is 1.35. The molecule has 26 heavy (non-hydrogen) atoms. The number of nitrogens with one attached hydrogen (secondary N) is 1. The first-order valence-electron chi connectivity index (χ1n) is 8.89. The second-order valence-corrected chi connectivity index (χ2v) is 6.46. The first-order valence-corrected chi connectivity index (χ1v) is 8.89. The number of rotatable bonds is 5. The van der Waals surface area contributed by atoms with Crippen molar-refractivity contribution in [3.05, 3.63) is 42.9 Å². The summed E-state index contributed by atoms with van der Waals surface area (Å²) in [6.07, 6.45) is 7.73. The molecule has 0 unspecified atom stereocenters. The topological polar surface area (TPSA) is 84.7 Å². The van der Waals surface area contributed by atoms with Crippen LogP contribution in [0.25, 0.3) is 11.4 Å². The number of anilines is 2. The average Bonchev–Trinajstić information content (AvgIpc) is 3.18. The fraction of sp³-hybridized carbons (Fsp3) is 0.389. The van der Waals surface area contributed by atoms with E-state index >= 15 is 0 Å². The number of pyridine rings is 1. The Bertz CT molecular complexity index is 839. The van der Waals surface area contributed by atoms with Gasteiger partial charge in [0.2, 0.25) is 5.95 Å². The number of hydrogen-bond acceptors (Lipinski definition) is 7. The van der Waals surface area contributed by atoms with Crippen molar-refractivity contribution in [2.75, 3.05) is 30.4 Å². The molecular weight excluding hydrogens is 328 g/mol. The molecule has 0 saturated carbocycles. The summed E-state index contributed by atoms with van der Waals surface area (Å²) in [5.74, 6) is 2.23. The molecule has 134 valence electrons. The van der Waals surface area contributed by atoms with Crippen molar-refractivity contribution in [3.8, 4) is 11.4 Å². The van der Waals surface area contributed by atoms with Gasteiger partial charge in [-0.2, -0.15) is 4.98 Å². The SMILES string of the molecule is CNc1ccnc(N2CCC(Cn3cc(-c4ccccn4)nn3)CC2)n1. The summed E-state index contributed by atoms with van der Waals surface area (Å²) in [6, 6.07) is 7.69. The standard InChI is InChI=1S/C18H22N8/c1-19-17-5-9-21-18(22-17)25-10-6-14(7-11-25)12-26-13-16(23-24-26)15-4-2-3-8-20-15/h2-5,8-9,13-14H,6-7,10-12H2,1H3,(H,19,21,22). The molecule has 1 saturated heterocycles. The maximum atomic E-state index is 4.53. The van der Waals surface area contributed by atoms with Crippen molar-refractivity contribution in [1.29, 1.82) is 0 Å². The molecule has 0 atom stereocenters. The molecule has 0 aromatic carbocycles. The van der Waals surface area contributed by atoms with Crippen LogP contribution in [0.15, 0.2) is 42.9 Å². The predicted molar refractivity (Wildman–Crippen MR) is 99.8 cm³/mol. The van der Waals surface area contributed by atoms with Gasteiger partial charge in [0, 0.05) is 39.1 Å². The highest BCUT2D eigenvalue weighted by Gasteiger charge is 2.22. The molecule has 0 spiro atoms. The molecule has 4 rings (SSSR count). The van der Waals surface area contributed by atoms with E-state index in [1.54, 1.807) is 12.4 Å². The van der Waals surface area contributed by atoms with Gasteiger partial charge in [0.1, 0.15) is 11.5 Å². The van der Waals surface area contributed by atoms with Gasteiger partial charge < -0.3 is 10.2 Å². The summed E-state index contributed by atoms with van der Waals surface area (Å²) >= 11 is 0. The van der Waals surface area contributed by atoms with Crippen LogP contribution in [0, 0.1) is 5.92 Å². The van der Waals surface area contributed by atoms with E-state index < -0.39 is 0 Å². The molecule has 4 heterocycles.